The van der Waals surface area contributed by atoms with Crippen molar-refractivity contribution in [1.29, 1.82) is 0 Å². The molecule has 27 heavy (non-hydrogen) atoms. The summed E-state index contributed by atoms with van der Waals surface area (Å²) in [5, 5.41) is 2.91. The third kappa shape index (κ3) is 5.24. The summed E-state index contributed by atoms with van der Waals surface area (Å²) in [6, 6.07) is 9.38. The molecule has 0 aromatic heterocycles. The molecule has 0 bridgehead atoms. The number of esters is 1. The molecule has 0 spiro atoms. The minimum atomic E-state index is -0.463. The number of hydrogen-bond acceptors (Lipinski definition) is 4. The van der Waals surface area contributed by atoms with Crippen LogP contribution in [0.15, 0.2) is 30.3 Å². The second-order valence-corrected chi connectivity index (χ2v) is 7.87. The lowest BCUT2D eigenvalue weighted by Crippen LogP contribution is -2.47. The van der Waals surface area contributed by atoms with E-state index in [-0.39, 0.29) is 30.1 Å². The molecule has 1 aromatic rings. The summed E-state index contributed by atoms with van der Waals surface area (Å²) in [5.74, 6) is -0.418. The van der Waals surface area contributed by atoms with Gasteiger partial charge in [-0.15, -0.1) is 0 Å². The van der Waals surface area contributed by atoms with Crippen LogP contribution in [-0.4, -0.2) is 23.7 Å². The molecular weight excluding hydrogens is 342 g/mol. The maximum Gasteiger partial charge on any atom is 0.407 e. The molecule has 1 amide bonds. The molecule has 2 fully saturated rings. The average molecular weight is 373 g/mol. The van der Waals surface area contributed by atoms with E-state index < -0.39 is 6.09 Å². The highest BCUT2D eigenvalue weighted by molar-refractivity contribution is 5.76. The van der Waals surface area contributed by atoms with Gasteiger partial charge in [0.1, 0.15) is 12.2 Å². The Morgan fingerprint density at radius 2 is 1.78 bits per heavy atom. The van der Waals surface area contributed by atoms with Crippen LogP contribution in [0.3, 0.4) is 0 Å². The van der Waals surface area contributed by atoms with Gasteiger partial charge in [0.2, 0.25) is 0 Å². The summed E-state index contributed by atoms with van der Waals surface area (Å²) < 4.78 is 11.3. The average Bonchev–Trinajstić information content (AvgIpc) is 3.16. The first kappa shape index (κ1) is 19.7. The summed E-state index contributed by atoms with van der Waals surface area (Å²) in [4.78, 5) is 25.1. The highest BCUT2D eigenvalue weighted by atomic mass is 16.6. The minimum Gasteiger partial charge on any atom is -0.459 e. The van der Waals surface area contributed by atoms with E-state index in [4.69, 9.17) is 9.47 Å². The molecule has 2 aliphatic carbocycles. The number of carbonyl (C=O) groups excluding carboxylic acids is 2. The van der Waals surface area contributed by atoms with Crippen molar-refractivity contribution in [3.05, 3.63) is 35.9 Å². The van der Waals surface area contributed by atoms with Crippen LogP contribution in [0.25, 0.3) is 0 Å². The predicted octanol–water partition coefficient (Wildman–Crippen LogP) is 4.74. The van der Waals surface area contributed by atoms with E-state index >= 15 is 0 Å². The Labute approximate surface area is 161 Å². The number of ether oxygens (including phenoxy) is 2. The Kier molecular flexibility index (Phi) is 6.75. The normalized spacial score (nSPS) is 24.2. The summed E-state index contributed by atoms with van der Waals surface area (Å²) in [6.45, 7) is 2.32. The van der Waals surface area contributed by atoms with Gasteiger partial charge in [-0.3, -0.25) is 4.79 Å². The van der Waals surface area contributed by atoms with Gasteiger partial charge in [0.15, 0.2) is 0 Å². The summed E-state index contributed by atoms with van der Waals surface area (Å²) in [6.07, 6.45) is 8.12. The van der Waals surface area contributed by atoms with Crippen molar-refractivity contribution >= 4 is 12.1 Å². The molecule has 5 nitrogen and oxygen atoms in total. The van der Waals surface area contributed by atoms with Gasteiger partial charge in [0.25, 0.3) is 0 Å². The molecule has 0 radical (unpaired) electrons. The molecule has 1 N–H and O–H groups in total. The lowest BCUT2D eigenvalue weighted by atomic mass is 9.84. The number of nitrogens with one attached hydrogen (secondary N) is 1. The highest BCUT2D eigenvalue weighted by Crippen LogP contribution is 2.38. The standard InChI is InChI=1S/C22H31NO4/c1-2-22(14-8-9-15-22)27-20(24)18-12-6-7-13-19(18)23-21(25)26-16-17-10-4-3-5-11-17/h3-5,10-11,18-19H,2,6-9,12-16H2,1H3,(H,23,25). The van der Waals surface area contributed by atoms with Gasteiger partial charge >= 0.3 is 12.1 Å². The van der Waals surface area contributed by atoms with Gasteiger partial charge in [0, 0.05) is 6.04 Å². The summed E-state index contributed by atoms with van der Waals surface area (Å²) in [5.41, 5.74) is 0.658. The molecule has 2 saturated carbocycles. The zero-order chi connectivity index (χ0) is 19.1. The Morgan fingerprint density at radius 3 is 2.48 bits per heavy atom. The maximum absolute atomic E-state index is 12.9. The molecule has 2 unspecified atom stereocenters. The molecule has 2 atom stereocenters. The van der Waals surface area contributed by atoms with Gasteiger partial charge < -0.3 is 14.8 Å². The third-order valence-corrected chi connectivity index (χ3v) is 6.06. The summed E-state index contributed by atoms with van der Waals surface area (Å²) >= 11 is 0. The molecule has 3 rings (SSSR count). The minimum absolute atomic E-state index is 0.146. The lowest BCUT2D eigenvalue weighted by molar-refractivity contribution is -0.167. The summed E-state index contributed by atoms with van der Waals surface area (Å²) in [7, 11) is 0. The first-order valence-corrected chi connectivity index (χ1v) is 10.3. The van der Waals surface area contributed by atoms with E-state index in [0.29, 0.717) is 0 Å². The molecule has 0 aliphatic heterocycles. The maximum atomic E-state index is 12.9. The van der Waals surface area contributed by atoms with E-state index in [1.165, 1.54) is 0 Å². The molecule has 1 aromatic carbocycles. The molecule has 0 heterocycles. The van der Waals surface area contributed by atoms with Gasteiger partial charge in [-0.2, -0.15) is 0 Å². The SMILES string of the molecule is CCC1(OC(=O)C2CCCCC2NC(=O)OCc2ccccc2)CCCC1. The fourth-order valence-corrected chi connectivity index (χ4v) is 4.34. The van der Waals surface area contributed by atoms with E-state index in [1.54, 1.807) is 0 Å². The van der Waals surface area contributed by atoms with Crippen LogP contribution in [0.1, 0.15) is 70.3 Å². The van der Waals surface area contributed by atoms with Crippen molar-refractivity contribution in [2.24, 2.45) is 5.92 Å². The molecule has 0 saturated heterocycles. The highest BCUT2D eigenvalue weighted by Gasteiger charge is 2.40. The monoisotopic (exact) mass is 373 g/mol. The smallest absolute Gasteiger partial charge is 0.407 e. The van der Waals surface area contributed by atoms with Crippen LogP contribution in [0.4, 0.5) is 4.79 Å². The first-order chi connectivity index (χ1) is 13.1. The second-order valence-electron chi connectivity index (χ2n) is 7.87. The van der Waals surface area contributed by atoms with Crippen LogP contribution < -0.4 is 5.32 Å². The largest absolute Gasteiger partial charge is 0.459 e. The van der Waals surface area contributed by atoms with Crippen molar-refractivity contribution in [2.45, 2.75) is 83.0 Å². The number of alkyl carbamates (subject to hydrolysis) is 1. The zero-order valence-electron chi connectivity index (χ0n) is 16.2. The fraction of sp³-hybridized carbons (Fsp3) is 0.636. The van der Waals surface area contributed by atoms with Gasteiger partial charge in [-0.05, 0) is 50.5 Å². The Balaban J connectivity index is 1.54. The third-order valence-electron chi connectivity index (χ3n) is 6.06. The molecule has 5 heteroatoms. The van der Waals surface area contributed by atoms with Crippen molar-refractivity contribution in [1.82, 2.24) is 5.32 Å². The number of benzene rings is 1. The quantitative estimate of drug-likeness (QED) is 0.732. The van der Waals surface area contributed by atoms with Gasteiger partial charge in [-0.25, -0.2) is 4.79 Å². The number of carbonyl (C=O) groups is 2. The Bertz CT molecular complexity index is 624. The van der Waals surface area contributed by atoms with Crippen LogP contribution in [0.2, 0.25) is 0 Å². The Hall–Kier alpha value is -2.04. The van der Waals surface area contributed by atoms with Crippen molar-refractivity contribution < 1.29 is 19.1 Å². The molecule has 2 aliphatic rings. The van der Waals surface area contributed by atoms with Crippen molar-refractivity contribution in [3.8, 4) is 0 Å². The van der Waals surface area contributed by atoms with E-state index in [9.17, 15) is 9.59 Å². The number of amides is 1. The van der Waals surface area contributed by atoms with Crippen molar-refractivity contribution in [2.75, 3.05) is 0 Å². The van der Waals surface area contributed by atoms with Gasteiger partial charge in [0.05, 0.1) is 5.92 Å². The predicted molar refractivity (Wildman–Crippen MR) is 103 cm³/mol. The lowest BCUT2D eigenvalue weighted by Gasteiger charge is -2.34. The van der Waals surface area contributed by atoms with E-state index in [2.05, 4.69) is 12.2 Å². The van der Waals surface area contributed by atoms with Crippen LogP contribution in [0, 0.1) is 5.92 Å². The van der Waals surface area contributed by atoms with Crippen molar-refractivity contribution in [3.63, 3.8) is 0 Å². The van der Waals surface area contributed by atoms with Crippen LogP contribution in [-0.2, 0) is 20.9 Å². The van der Waals surface area contributed by atoms with E-state index in [0.717, 1.165) is 63.4 Å². The first-order valence-electron chi connectivity index (χ1n) is 10.3. The van der Waals surface area contributed by atoms with E-state index in [1.807, 2.05) is 30.3 Å². The topological polar surface area (TPSA) is 64.6 Å². The Morgan fingerprint density at radius 1 is 1.07 bits per heavy atom. The fourth-order valence-electron chi connectivity index (χ4n) is 4.34. The second kappa shape index (κ2) is 9.25. The number of hydrogen-bond donors (Lipinski definition) is 1. The number of rotatable bonds is 6. The van der Waals surface area contributed by atoms with Crippen LogP contribution in [0.5, 0.6) is 0 Å². The zero-order valence-corrected chi connectivity index (χ0v) is 16.2. The van der Waals surface area contributed by atoms with Gasteiger partial charge in [-0.1, -0.05) is 50.1 Å². The molecular formula is C22H31NO4. The van der Waals surface area contributed by atoms with Crippen LogP contribution >= 0.6 is 0 Å². The molecule has 148 valence electrons.